The number of rotatable bonds is 23. The standard InChI is InChI=1S/C26H52N2O2/c1-3-5-7-9-13-17-21-25(29)27-23-19-15-11-12-16-20-24-28-26(30)22-18-14-10-8-6-4-2/h3-24H2,1-2H3,(H,27,29)(H,28,30). The summed E-state index contributed by atoms with van der Waals surface area (Å²) >= 11 is 0. The van der Waals surface area contributed by atoms with Crippen molar-refractivity contribution in [1.29, 1.82) is 0 Å². The minimum absolute atomic E-state index is 0.224. The molecule has 0 unspecified atom stereocenters. The fourth-order valence-electron chi connectivity index (χ4n) is 3.72. The Bertz CT molecular complexity index is 349. The van der Waals surface area contributed by atoms with Crippen molar-refractivity contribution in [1.82, 2.24) is 10.6 Å². The van der Waals surface area contributed by atoms with Crippen LogP contribution in [0.1, 0.15) is 142 Å². The van der Waals surface area contributed by atoms with Gasteiger partial charge in [-0.05, 0) is 25.7 Å². The second-order valence-electron chi connectivity index (χ2n) is 8.86. The lowest BCUT2D eigenvalue weighted by Gasteiger charge is -2.06. The molecule has 0 saturated heterocycles. The van der Waals surface area contributed by atoms with Gasteiger partial charge in [-0.2, -0.15) is 0 Å². The maximum atomic E-state index is 11.8. The van der Waals surface area contributed by atoms with Gasteiger partial charge in [0.2, 0.25) is 11.8 Å². The van der Waals surface area contributed by atoms with Crippen molar-refractivity contribution >= 4 is 11.8 Å². The minimum atomic E-state index is 0.224. The van der Waals surface area contributed by atoms with Crippen molar-refractivity contribution < 1.29 is 9.59 Å². The third-order valence-electron chi connectivity index (χ3n) is 5.76. The predicted octanol–water partition coefficient (Wildman–Crippen LogP) is 7.06. The highest BCUT2D eigenvalue weighted by atomic mass is 16.2. The highest BCUT2D eigenvalue weighted by Crippen LogP contribution is 2.08. The summed E-state index contributed by atoms with van der Waals surface area (Å²) in [4.78, 5) is 23.5. The third kappa shape index (κ3) is 23.2. The Balaban J connectivity index is 3.23. The van der Waals surface area contributed by atoms with E-state index < -0.39 is 0 Å². The normalized spacial score (nSPS) is 10.9. The molecule has 4 heteroatoms. The van der Waals surface area contributed by atoms with E-state index >= 15 is 0 Å². The van der Waals surface area contributed by atoms with Crippen LogP contribution in [0.5, 0.6) is 0 Å². The molecule has 0 heterocycles. The first kappa shape index (κ1) is 28.9. The van der Waals surface area contributed by atoms with E-state index in [1.807, 2.05) is 0 Å². The molecular formula is C26H52N2O2. The van der Waals surface area contributed by atoms with Gasteiger partial charge in [-0.1, -0.05) is 104 Å². The lowest BCUT2D eigenvalue weighted by molar-refractivity contribution is -0.122. The quantitative estimate of drug-likeness (QED) is 0.172. The van der Waals surface area contributed by atoms with Gasteiger partial charge >= 0.3 is 0 Å². The smallest absolute Gasteiger partial charge is 0.219 e. The van der Waals surface area contributed by atoms with E-state index in [-0.39, 0.29) is 11.8 Å². The molecule has 0 aromatic rings. The molecule has 0 rings (SSSR count). The van der Waals surface area contributed by atoms with Gasteiger partial charge in [0.15, 0.2) is 0 Å². The third-order valence-corrected chi connectivity index (χ3v) is 5.76. The Morgan fingerprint density at radius 1 is 0.433 bits per heavy atom. The molecule has 178 valence electrons. The molecule has 0 aliphatic heterocycles. The molecule has 4 nitrogen and oxygen atoms in total. The first-order valence-corrected chi connectivity index (χ1v) is 13.2. The number of hydrogen-bond acceptors (Lipinski definition) is 2. The molecule has 0 radical (unpaired) electrons. The topological polar surface area (TPSA) is 58.2 Å². The Morgan fingerprint density at radius 2 is 0.733 bits per heavy atom. The van der Waals surface area contributed by atoms with Crippen LogP contribution in [-0.4, -0.2) is 24.9 Å². The van der Waals surface area contributed by atoms with Crippen LogP contribution in [-0.2, 0) is 9.59 Å². The van der Waals surface area contributed by atoms with Gasteiger partial charge in [-0.3, -0.25) is 9.59 Å². The van der Waals surface area contributed by atoms with Gasteiger partial charge in [0.25, 0.3) is 0 Å². The first-order chi connectivity index (χ1) is 14.7. The summed E-state index contributed by atoms with van der Waals surface area (Å²) in [6.45, 7) is 6.10. The van der Waals surface area contributed by atoms with Gasteiger partial charge in [-0.25, -0.2) is 0 Å². The average molecular weight is 425 g/mol. The van der Waals surface area contributed by atoms with Crippen molar-refractivity contribution in [2.75, 3.05) is 13.1 Å². The van der Waals surface area contributed by atoms with Crippen LogP contribution in [0.15, 0.2) is 0 Å². The number of carbonyl (C=O) groups excluding carboxylic acids is 2. The van der Waals surface area contributed by atoms with Gasteiger partial charge in [0.1, 0.15) is 0 Å². The fourth-order valence-corrected chi connectivity index (χ4v) is 3.72. The predicted molar refractivity (Wildman–Crippen MR) is 130 cm³/mol. The summed E-state index contributed by atoms with van der Waals surface area (Å²) in [6, 6.07) is 0. The van der Waals surface area contributed by atoms with Crippen LogP contribution < -0.4 is 10.6 Å². The van der Waals surface area contributed by atoms with Crippen molar-refractivity contribution in [2.45, 2.75) is 142 Å². The van der Waals surface area contributed by atoms with Gasteiger partial charge < -0.3 is 10.6 Å². The van der Waals surface area contributed by atoms with Gasteiger partial charge in [0, 0.05) is 25.9 Å². The second-order valence-corrected chi connectivity index (χ2v) is 8.86. The van der Waals surface area contributed by atoms with E-state index in [9.17, 15) is 9.59 Å². The van der Waals surface area contributed by atoms with Crippen molar-refractivity contribution in [3.8, 4) is 0 Å². The van der Waals surface area contributed by atoms with Crippen LogP contribution in [0.4, 0.5) is 0 Å². The van der Waals surface area contributed by atoms with Gasteiger partial charge in [-0.15, -0.1) is 0 Å². The summed E-state index contributed by atoms with van der Waals surface area (Å²) in [6.07, 6.45) is 23.1. The van der Waals surface area contributed by atoms with Crippen molar-refractivity contribution in [2.24, 2.45) is 0 Å². The fraction of sp³-hybridized carbons (Fsp3) is 0.923. The number of nitrogens with one attached hydrogen (secondary N) is 2. The lowest BCUT2D eigenvalue weighted by Crippen LogP contribution is -2.24. The second kappa shape index (κ2) is 24.2. The zero-order chi connectivity index (χ0) is 22.1. The molecule has 0 bridgehead atoms. The Hall–Kier alpha value is -1.06. The SMILES string of the molecule is CCCCCCCCC(=O)NCCCCCCCCNC(=O)CCCCCCCC. The van der Waals surface area contributed by atoms with E-state index in [4.69, 9.17) is 0 Å². The Kier molecular flexibility index (Phi) is 23.4. The Morgan fingerprint density at radius 3 is 1.10 bits per heavy atom. The zero-order valence-electron chi connectivity index (χ0n) is 20.4. The molecule has 2 N–H and O–H groups in total. The van der Waals surface area contributed by atoms with Gasteiger partial charge in [0.05, 0.1) is 0 Å². The van der Waals surface area contributed by atoms with E-state index in [0.717, 1.165) is 38.8 Å². The van der Waals surface area contributed by atoms with Crippen molar-refractivity contribution in [3.05, 3.63) is 0 Å². The summed E-state index contributed by atoms with van der Waals surface area (Å²) in [5.74, 6) is 0.449. The minimum Gasteiger partial charge on any atom is -0.356 e. The molecule has 0 aliphatic carbocycles. The largest absolute Gasteiger partial charge is 0.356 e. The molecule has 0 spiro atoms. The molecule has 0 saturated carbocycles. The van der Waals surface area contributed by atoms with E-state index in [1.165, 1.54) is 89.9 Å². The summed E-state index contributed by atoms with van der Waals surface area (Å²) in [5, 5.41) is 6.11. The maximum Gasteiger partial charge on any atom is 0.219 e. The van der Waals surface area contributed by atoms with Crippen LogP contribution in [0.2, 0.25) is 0 Å². The highest BCUT2D eigenvalue weighted by molar-refractivity contribution is 5.76. The Labute approximate surface area is 187 Å². The molecule has 2 amide bonds. The highest BCUT2D eigenvalue weighted by Gasteiger charge is 2.02. The molecule has 0 atom stereocenters. The lowest BCUT2D eigenvalue weighted by atomic mass is 10.1. The monoisotopic (exact) mass is 424 g/mol. The number of unbranched alkanes of at least 4 members (excludes halogenated alkanes) is 15. The van der Waals surface area contributed by atoms with Crippen LogP contribution >= 0.6 is 0 Å². The molecule has 0 fully saturated rings. The maximum absolute atomic E-state index is 11.8. The molecule has 0 aromatic heterocycles. The summed E-state index contributed by atoms with van der Waals surface area (Å²) in [7, 11) is 0. The van der Waals surface area contributed by atoms with Crippen LogP contribution in [0, 0.1) is 0 Å². The molecule has 30 heavy (non-hydrogen) atoms. The van der Waals surface area contributed by atoms with E-state index in [2.05, 4.69) is 24.5 Å². The van der Waals surface area contributed by atoms with E-state index in [1.54, 1.807) is 0 Å². The van der Waals surface area contributed by atoms with Crippen molar-refractivity contribution in [3.63, 3.8) is 0 Å². The van der Waals surface area contributed by atoms with Crippen LogP contribution in [0.25, 0.3) is 0 Å². The van der Waals surface area contributed by atoms with E-state index in [0.29, 0.717) is 12.8 Å². The summed E-state index contributed by atoms with van der Waals surface area (Å²) < 4.78 is 0. The number of hydrogen-bond donors (Lipinski definition) is 2. The molecular weight excluding hydrogens is 372 g/mol. The molecule has 0 aliphatic rings. The zero-order valence-corrected chi connectivity index (χ0v) is 20.4. The van der Waals surface area contributed by atoms with Crippen LogP contribution in [0.3, 0.4) is 0 Å². The number of carbonyl (C=O) groups is 2. The molecule has 0 aromatic carbocycles. The summed E-state index contributed by atoms with van der Waals surface area (Å²) in [5.41, 5.74) is 0. The first-order valence-electron chi connectivity index (χ1n) is 13.2. The average Bonchev–Trinajstić information content (AvgIpc) is 2.74. The number of amides is 2.